The summed E-state index contributed by atoms with van der Waals surface area (Å²) in [4.78, 5) is 0. The van der Waals surface area contributed by atoms with Crippen molar-refractivity contribution >= 4 is 20.9 Å². The molecule has 0 spiro atoms. The predicted molar refractivity (Wildman–Crippen MR) is 57.3 cm³/mol. The van der Waals surface area contributed by atoms with Crippen molar-refractivity contribution in [1.29, 1.82) is 0 Å². The Kier molecular flexibility index (Phi) is 3.40. The van der Waals surface area contributed by atoms with Crippen molar-refractivity contribution in [3.8, 4) is 0 Å². The lowest BCUT2D eigenvalue weighted by molar-refractivity contribution is 1.20. The molecule has 0 radical (unpaired) electrons. The Morgan fingerprint density at radius 3 is 1.08 bits per heavy atom. The average molecular weight is 159 g/mol. The van der Waals surface area contributed by atoms with Crippen molar-refractivity contribution in [2.45, 2.75) is 0 Å². The monoisotopic (exact) mass is 159 g/mol. The molecule has 1 aliphatic heterocycles. The maximum atomic E-state index is 3.70. The van der Waals surface area contributed by atoms with E-state index in [1.807, 2.05) is 17.9 Å². The predicted octanol–water partition coefficient (Wildman–Crippen LogP) is -0.591. The Balaban J connectivity index is 2.57. The molecule has 0 unspecified atom stereocenters. The Bertz CT molecular complexity index is 157. The third kappa shape index (κ3) is 2.14. The van der Waals surface area contributed by atoms with Gasteiger partial charge in [0.1, 0.15) is 0 Å². The van der Waals surface area contributed by atoms with E-state index in [0.29, 0.717) is 0 Å². The lowest BCUT2D eigenvalue weighted by Gasteiger charge is -2.28. The zero-order valence-electron chi connectivity index (χ0n) is 7.09. The van der Waals surface area contributed by atoms with Gasteiger partial charge in [-0.1, -0.05) is 17.9 Å². The highest BCUT2D eigenvalue weighted by Crippen LogP contribution is 1.88. The highest BCUT2D eigenvalue weighted by molar-refractivity contribution is 6.91. The van der Waals surface area contributed by atoms with Crippen molar-refractivity contribution < 1.29 is 0 Å². The lowest BCUT2D eigenvalue weighted by Crippen LogP contribution is -2.73. The Labute approximate surface area is 74.7 Å². The van der Waals surface area contributed by atoms with Gasteiger partial charge >= 0.3 is 20.9 Å². The summed E-state index contributed by atoms with van der Waals surface area (Å²) in [6.45, 7) is 11.4. The highest BCUT2D eigenvalue weighted by Gasteiger charge is 2.29. The average Bonchev–Trinajstić information content (AvgIpc) is 2.16. The quantitative estimate of drug-likeness (QED) is 0.481. The van der Waals surface area contributed by atoms with E-state index in [0.717, 1.165) is 0 Å². The van der Waals surface area contributed by atoms with Gasteiger partial charge in [0.2, 0.25) is 0 Å². The van der Waals surface area contributed by atoms with Gasteiger partial charge in [-0.25, -0.2) is 0 Å². The molecular weight excluding hydrogens is 147 g/mol. The molecule has 1 aliphatic rings. The van der Waals surface area contributed by atoms with E-state index in [-0.39, 0.29) is 20.9 Å². The summed E-state index contributed by atoms with van der Waals surface area (Å²) in [6.07, 6.45) is 0. The van der Waals surface area contributed by atoms with E-state index >= 15 is 0 Å². The molecule has 3 nitrogen and oxygen atoms in total. The van der Waals surface area contributed by atoms with Gasteiger partial charge in [-0.2, -0.15) is 0 Å². The van der Waals surface area contributed by atoms with Crippen LogP contribution in [0.2, 0.25) is 0 Å². The number of hydrogen-bond acceptors (Lipinski definition) is 3. The van der Waals surface area contributed by atoms with Crippen molar-refractivity contribution in [2.75, 3.05) is 0 Å². The molecule has 60 valence electrons. The second-order valence-electron chi connectivity index (χ2n) is 2.64. The van der Waals surface area contributed by atoms with Crippen LogP contribution in [0.4, 0.5) is 0 Å². The van der Waals surface area contributed by atoms with Crippen LogP contribution < -0.4 is 15.4 Å². The van der Waals surface area contributed by atoms with Crippen LogP contribution in [-0.2, 0) is 0 Å². The molecule has 0 aliphatic carbocycles. The smallest absolute Gasteiger partial charge is 0.312 e. The minimum absolute atomic E-state index is 0.109. The molecule has 1 rings (SSSR count). The van der Waals surface area contributed by atoms with Crippen LogP contribution in [0, 0.1) is 0 Å². The molecule has 1 fully saturated rings. The summed E-state index contributed by atoms with van der Waals surface area (Å²) in [6, 6.07) is 0. The van der Waals surface area contributed by atoms with Crippen LogP contribution in [0.3, 0.4) is 0 Å². The summed E-state index contributed by atoms with van der Waals surface area (Å²) in [5.41, 5.74) is 0. The van der Waals surface area contributed by atoms with Gasteiger partial charge in [0, 0.05) is 0 Å². The second-order valence-corrected chi connectivity index (χ2v) is 2.64. The molecule has 1 saturated heterocycles. The summed E-state index contributed by atoms with van der Waals surface area (Å²) < 4.78 is 0. The molecular formula is C6H12B3N3. The zero-order valence-corrected chi connectivity index (χ0v) is 7.09. The Morgan fingerprint density at radius 1 is 0.667 bits per heavy atom. The van der Waals surface area contributed by atoms with Gasteiger partial charge in [-0.15, -0.1) is 19.7 Å². The van der Waals surface area contributed by atoms with E-state index in [2.05, 4.69) is 35.2 Å². The van der Waals surface area contributed by atoms with E-state index in [1.165, 1.54) is 0 Å². The van der Waals surface area contributed by atoms with Crippen molar-refractivity contribution in [3.63, 3.8) is 0 Å². The van der Waals surface area contributed by atoms with Crippen LogP contribution in [0.5, 0.6) is 0 Å². The summed E-state index contributed by atoms with van der Waals surface area (Å²) in [5, 5.41) is 9.63. The van der Waals surface area contributed by atoms with E-state index in [4.69, 9.17) is 0 Å². The molecule has 0 saturated carbocycles. The number of rotatable bonds is 3. The number of nitrogens with one attached hydrogen (secondary N) is 3. The fourth-order valence-corrected chi connectivity index (χ4v) is 1.13. The third-order valence-corrected chi connectivity index (χ3v) is 1.78. The number of hydrogen-bond donors (Lipinski definition) is 3. The summed E-state index contributed by atoms with van der Waals surface area (Å²) >= 11 is 0. The highest BCUT2D eigenvalue weighted by atomic mass is 15.0. The Hall–Kier alpha value is -0.705. The minimum atomic E-state index is 0.109. The van der Waals surface area contributed by atoms with Crippen LogP contribution in [0.15, 0.2) is 37.7 Å². The topological polar surface area (TPSA) is 36.1 Å². The van der Waals surface area contributed by atoms with Crippen molar-refractivity contribution in [3.05, 3.63) is 37.7 Å². The Morgan fingerprint density at radius 2 is 0.917 bits per heavy atom. The van der Waals surface area contributed by atoms with E-state index in [1.54, 1.807) is 0 Å². The van der Waals surface area contributed by atoms with Gasteiger partial charge in [0.25, 0.3) is 0 Å². The molecule has 0 amide bonds. The first-order chi connectivity index (χ1) is 5.80. The third-order valence-electron chi connectivity index (χ3n) is 1.78. The van der Waals surface area contributed by atoms with E-state index in [9.17, 15) is 0 Å². The lowest BCUT2D eigenvalue weighted by atomic mass is 9.50. The standard InChI is InChI=1S/C6H12B3N3/c1-4-7-10-8(5-2)12-9(6-3)11-7/h4-6,10-12H,1-3H2. The molecule has 1 heterocycles. The van der Waals surface area contributed by atoms with Crippen LogP contribution in [0.1, 0.15) is 0 Å². The van der Waals surface area contributed by atoms with Crippen LogP contribution >= 0.6 is 0 Å². The summed E-state index contributed by atoms with van der Waals surface area (Å²) in [5.74, 6) is 5.44. The van der Waals surface area contributed by atoms with Crippen molar-refractivity contribution in [2.24, 2.45) is 0 Å². The largest absolute Gasteiger partial charge is 0.364 e. The molecule has 0 bridgehead atoms. The molecule has 3 N–H and O–H groups in total. The zero-order chi connectivity index (χ0) is 8.97. The molecule has 6 heteroatoms. The maximum absolute atomic E-state index is 3.70. The molecule has 12 heavy (non-hydrogen) atoms. The first-order valence-electron chi connectivity index (χ1n) is 3.96. The van der Waals surface area contributed by atoms with Gasteiger partial charge < -0.3 is 15.4 Å². The van der Waals surface area contributed by atoms with Crippen LogP contribution in [0.25, 0.3) is 0 Å². The molecule has 0 aromatic carbocycles. The minimum Gasteiger partial charge on any atom is -0.364 e. The SMILES string of the molecule is C=CB1NB(C=C)NB(C=C)N1. The first-order valence-corrected chi connectivity index (χ1v) is 3.96. The van der Waals surface area contributed by atoms with Gasteiger partial charge in [-0.3, -0.25) is 0 Å². The fourth-order valence-electron chi connectivity index (χ4n) is 1.13. The maximum Gasteiger partial charge on any atom is 0.312 e. The fraction of sp³-hybridized carbons (Fsp3) is 0. The normalized spacial score (nSPS) is 17.5. The van der Waals surface area contributed by atoms with Crippen LogP contribution in [-0.4, -0.2) is 20.9 Å². The van der Waals surface area contributed by atoms with E-state index < -0.39 is 0 Å². The van der Waals surface area contributed by atoms with Gasteiger partial charge in [-0.05, 0) is 0 Å². The molecule has 0 aromatic heterocycles. The first kappa shape index (κ1) is 9.38. The van der Waals surface area contributed by atoms with Gasteiger partial charge in [0.05, 0.1) is 0 Å². The molecule has 0 aromatic rings. The second kappa shape index (κ2) is 4.35. The molecule has 0 atom stereocenters. The summed E-state index contributed by atoms with van der Waals surface area (Å²) in [7, 11) is 0. The van der Waals surface area contributed by atoms with Crippen molar-refractivity contribution in [1.82, 2.24) is 15.4 Å². The van der Waals surface area contributed by atoms with Gasteiger partial charge in [0.15, 0.2) is 0 Å².